The summed E-state index contributed by atoms with van der Waals surface area (Å²) in [6.07, 6.45) is 2.04. The van der Waals surface area contributed by atoms with Crippen LogP contribution in [0.15, 0.2) is 66.8 Å². The summed E-state index contributed by atoms with van der Waals surface area (Å²) in [6, 6.07) is 11.1. The molecule has 9 heteroatoms. The molecule has 1 atom stereocenters. The molecule has 9 nitrogen and oxygen atoms in total. The van der Waals surface area contributed by atoms with E-state index in [0.29, 0.717) is 36.5 Å². The fraction of sp³-hybridized carbons (Fsp3) is 0.250. The molecule has 3 rings (SSSR count). The number of ketones is 1. The molecule has 1 saturated heterocycles. The Morgan fingerprint density at radius 2 is 1.97 bits per heavy atom. The summed E-state index contributed by atoms with van der Waals surface area (Å²) >= 11 is 0. The number of nitro benzene ring substituents is 1. The second-order valence-corrected chi connectivity index (χ2v) is 7.31. The maximum atomic E-state index is 13.0. The highest BCUT2D eigenvalue weighted by Gasteiger charge is 2.46. The number of ether oxygens (including phenoxy) is 2. The van der Waals surface area contributed by atoms with Crippen molar-refractivity contribution in [3.05, 3.63) is 88.0 Å². The first-order valence-electron chi connectivity index (χ1n) is 10.2. The Hall–Kier alpha value is -3.98. The summed E-state index contributed by atoms with van der Waals surface area (Å²) in [5.74, 6) is -1.46. The van der Waals surface area contributed by atoms with Crippen LogP contribution in [-0.2, 0) is 14.3 Å². The largest absolute Gasteiger partial charge is 0.507 e. The van der Waals surface area contributed by atoms with Crippen LogP contribution in [-0.4, -0.2) is 53.5 Å². The van der Waals surface area contributed by atoms with Gasteiger partial charge in [-0.2, -0.15) is 0 Å². The van der Waals surface area contributed by atoms with Crippen molar-refractivity contribution < 1.29 is 29.1 Å². The predicted octanol–water partition coefficient (Wildman–Crippen LogP) is 3.62. The molecule has 1 aliphatic heterocycles. The number of benzene rings is 2. The zero-order chi connectivity index (χ0) is 24.0. The SMILES string of the molecule is C=CCOc1ccc(C(O)=C2C(=O)C(=O)N(CCCOC)[C@H]2c2cccc([N+](=O)[O-])c2)cc1. The molecule has 1 heterocycles. The number of hydrogen-bond acceptors (Lipinski definition) is 7. The number of methoxy groups -OCH3 is 1. The van der Waals surface area contributed by atoms with E-state index in [1.165, 1.54) is 30.2 Å². The Morgan fingerprint density at radius 3 is 2.61 bits per heavy atom. The predicted molar refractivity (Wildman–Crippen MR) is 121 cm³/mol. The molecule has 0 spiro atoms. The van der Waals surface area contributed by atoms with Crippen LogP contribution >= 0.6 is 0 Å². The van der Waals surface area contributed by atoms with Crippen LogP contribution in [0.4, 0.5) is 5.69 Å². The molecule has 0 aromatic heterocycles. The fourth-order valence-corrected chi connectivity index (χ4v) is 3.66. The van der Waals surface area contributed by atoms with E-state index in [2.05, 4.69) is 6.58 Å². The molecule has 1 fully saturated rings. The first-order valence-corrected chi connectivity index (χ1v) is 10.2. The summed E-state index contributed by atoms with van der Waals surface area (Å²) in [4.78, 5) is 37.9. The number of carbonyl (C=O) groups is 2. The molecule has 1 amide bonds. The molecule has 1 N–H and O–H groups in total. The van der Waals surface area contributed by atoms with Crippen LogP contribution in [0, 0.1) is 10.1 Å². The molecule has 2 aromatic carbocycles. The number of carbonyl (C=O) groups excluding carboxylic acids is 2. The molecular formula is C24H24N2O7. The van der Waals surface area contributed by atoms with Gasteiger partial charge in [0, 0.05) is 38.0 Å². The normalized spacial score (nSPS) is 17.2. The lowest BCUT2D eigenvalue weighted by atomic mass is 9.95. The minimum Gasteiger partial charge on any atom is -0.507 e. The van der Waals surface area contributed by atoms with Crippen molar-refractivity contribution >= 4 is 23.1 Å². The van der Waals surface area contributed by atoms with Crippen LogP contribution in [0.5, 0.6) is 5.75 Å². The summed E-state index contributed by atoms with van der Waals surface area (Å²) in [6.45, 7) is 4.43. The molecule has 0 saturated carbocycles. The molecule has 33 heavy (non-hydrogen) atoms. The smallest absolute Gasteiger partial charge is 0.295 e. The van der Waals surface area contributed by atoms with E-state index in [1.807, 2.05) is 0 Å². The molecule has 0 radical (unpaired) electrons. The van der Waals surface area contributed by atoms with Crippen LogP contribution in [0.2, 0.25) is 0 Å². The number of rotatable bonds is 10. The highest BCUT2D eigenvalue weighted by atomic mass is 16.6. The number of nitrogens with zero attached hydrogens (tertiary/aromatic N) is 2. The topological polar surface area (TPSA) is 119 Å². The lowest BCUT2D eigenvalue weighted by Gasteiger charge is -2.25. The Morgan fingerprint density at radius 1 is 1.24 bits per heavy atom. The monoisotopic (exact) mass is 452 g/mol. The molecule has 2 aromatic rings. The van der Waals surface area contributed by atoms with Gasteiger partial charge in [0.15, 0.2) is 0 Å². The standard InChI is InChI=1S/C24H24N2O7/c1-3-13-33-19-10-8-16(9-11-19)22(27)20-21(17-6-4-7-18(15-17)26(30)31)25(12-5-14-32-2)24(29)23(20)28/h3-4,6-11,15,21,27H,1,5,12-14H2,2H3/t21-/m0/s1. The Bertz CT molecular complexity index is 1090. The van der Waals surface area contributed by atoms with E-state index < -0.39 is 22.7 Å². The van der Waals surface area contributed by atoms with Gasteiger partial charge < -0.3 is 19.5 Å². The first kappa shape index (κ1) is 23.7. The minimum atomic E-state index is -0.974. The molecule has 1 aliphatic rings. The number of non-ortho nitro benzene ring substituents is 1. The van der Waals surface area contributed by atoms with Crippen LogP contribution < -0.4 is 4.74 Å². The number of likely N-dealkylation sites (tertiary alicyclic amines) is 1. The van der Waals surface area contributed by atoms with Crippen molar-refractivity contribution in [3.63, 3.8) is 0 Å². The van der Waals surface area contributed by atoms with Gasteiger partial charge in [0.25, 0.3) is 17.4 Å². The molecule has 0 unspecified atom stereocenters. The lowest BCUT2D eigenvalue weighted by Crippen LogP contribution is -2.31. The van der Waals surface area contributed by atoms with Crippen molar-refractivity contribution in [2.24, 2.45) is 0 Å². The number of aliphatic hydroxyl groups is 1. The molecular weight excluding hydrogens is 428 g/mol. The first-order chi connectivity index (χ1) is 15.9. The van der Waals surface area contributed by atoms with Crippen LogP contribution in [0.3, 0.4) is 0 Å². The number of amides is 1. The van der Waals surface area contributed by atoms with Gasteiger partial charge in [0.05, 0.1) is 16.5 Å². The van der Waals surface area contributed by atoms with E-state index in [1.54, 1.807) is 36.4 Å². The third-order valence-electron chi connectivity index (χ3n) is 5.18. The average Bonchev–Trinajstić information content (AvgIpc) is 3.08. The summed E-state index contributed by atoms with van der Waals surface area (Å²) in [5, 5.41) is 22.3. The minimum absolute atomic E-state index is 0.127. The van der Waals surface area contributed by atoms with E-state index in [-0.39, 0.29) is 23.6 Å². The molecule has 0 bridgehead atoms. The van der Waals surface area contributed by atoms with Gasteiger partial charge in [-0.1, -0.05) is 24.8 Å². The average molecular weight is 452 g/mol. The summed E-state index contributed by atoms with van der Waals surface area (Å²) < 4.78 is 10.5. The quantitative estimate of drug-likeness (QED) is 0.111. The highest BCUT2D eigenvalue weighted by Crippen LogP contribution is 2.40. The van der Waals surface area contributed by atoms with Gasteiger partial charge in [0.2, 0.25) is 0 Å². The maximum Gasteiger partial charge on any atom is 0.295 e. The van der Waals surface area contributed by atoms with Gasteiger partial charge in [0.1, 0.15) is 18.1 Å². The van der Waals surface area contributed by atoms with Gasteiger partial charge in [-0.3, -0.25) is 19.7 Å². The Labute approximate surface area is 190 Å². The second kappa shape index (κ2) is 10.6. The summed E-state index contributed by atoms with van der Waals surface area (Å²) in [7, 11) is 1.52. The van der Waals surface area contributed by atoms with E-state index in [9.17, 15) is 24.8 Å². The van der Waals surface area contributed by atoms with Gasteiger partial charge in [-0.25, -0.2) is 0 Å². The molecule has 172 valence electrons. The number of Topliss-reactive ketones (excluding diaryl/α,β-unsaturated/α-hetero) is 1. The summed E-state index contributed by atoms with van der Waals surface area (Å²) in [5.41, 5.74) is 0.357. The third kappa shape index (κ3) is 5.09. The van der Waals surface area contributed by atoms with Gasteiger partial charge in [-0.15, -0.1) is 0 Å². The van der Waals surface area contributed by atoms with Crippen molar-refractivity contribution in [1.29, 1.82) is 0 Å². The third-order valence-corrected chi connectivity index (χ3v) is 5.18. The Balaban J connectivity index is 2.08. The zero-order valence-electron chi connectivity index (χ0n) is 18.1. The lowest BCUT2D eigenvalue weighted by molar-refractivity contribution is -0.384. The second-order valence-electron chi connectivity index (χ2n) is 7.31. The van der Waals surface area contributed by atoms with E-state index >= 15 is 0 Å². The molecule has 0 aliphatic carbocycles. The van der Waals surface area contributed by atoms with E-state index in [0.717, 1.165) is 0 Å². The van der Waals surface area contributed by atoms with Crippen LogP contribution in [0.25, 0.3) is 5.76 Å². The number of aliphatic hydroxyl groups excluding tert-OH is 1. The van der Waals surface area contributed by atoms with Gasteiger partial charge in [-0.05, 0) is 36.2 Å². The fourth-order valence-electron chi connectivity index (χ4n) is 3.66. The van der Waals surface area contributed by atoms with Gasteiger partial charge >= 0.3 is 0 Å². The van der Waals surface area contributed by atoms with Crippen LogP contribution in [0.1, 0.15) is 23.6 Å². The van der Waals surface area contributed by atoms with Crippen molar-refractivity contribution in [2.45, 2.75) is 12.5 Å². The number of hydrogen-bond donors (Lipinski definition) is 1. The highest BCUT2D eigenvalue weighted by molar-refractivity contribution is 6.46. The van der Waals surface area contributed by atoms with E-state index in [4.69, 9.17) is 9.47 Å². The van der Waals surface area contributed by atoms with Crippen molar-refractivity contribution in [1.82, 2.24) is 4.90 Å². The van der Waals surface area contributed by atoms with Crippen molar-refractivity contribution in [3.8, 4) is 5.75 Å². The Kier molecular flexibility index (Phi) is 7.57. The maximum absolute atomic E-state index is 13.0. The number of nitro groups is 1. The zero-order valence-corrected chi connectivity index (χ0v) is 18.1. The van der Waals surface area contributed by atoms with Crippen molar-refractivity contribution in [2.75, 3.05) is 26.9 Å².